The van der Waals surface area contributed by atoms with Crippen LogP contribution in [0, 0.1) is 0 Å². The van der Waals surface area contributed by atoms with E-state index >= 15 is 0 Å². The van der Waals surface area contributed by atoms with Crippen LogP contribution in [0.1, 0.15) is 0 Å². The van der Waals surface area contributed by atoms with E-state index in [0.29, 0.717) is 9.76 Å². The number of nitrogens with zero attached hydrogens (tertiary/aromatic N) is 3. The summed E-state index contributed by atoms with van der Waals surface area (Å²) in [5.41, 5.74) is 0.734. The summed E-state index contributed by atoms with van der Waals surface area (Å²) >= 11 is 9.05. The van der Waals surface area contributed by atoms with Crippen LogP contribution in [0.4, 0.5) is 0 Å². The van der Waals surface area contributed by atoms with Crippen molar-refractivity contribution in [1.29, 1.82) is 0 Å². The molecule has 0 aliphatic heterocycles. The maximum absolute atomic E-state index is 5.80. The molecule has 0 N–H and O–H groups in total. The topological polar surface area (TPSA) is 30.2 Å². The van der Waals surface area contributed by atoms with Crippen molar-refractivity contribution >= 4 is 33.2 Å². The number of imidazole rings is 1. The van der Waals surface area contributed by atoms with Gasteiger partial charge >= 0.3 is 0 Å². The summed E-state index contributed by atoms with van der Waals surface area (Å²) in [7, 11) is 0. The van der Waals surface area contributed by atoms with E-state index in [9.17, 15) is 0 Å². The molecule has 5 heteroatoms. The molecule has 0 aromatic carbocycles. The van der Waals surface area contributed by atoms with Crippen molar-refractivity contribution in [3.63, 3.8) is 0 Å². The van der Waals surface area contributed by atoms with Gasteiger partial charge in [-0.1, -0.05) is 11.6 Å². The average molecular weight is 232 g/mol. The Morgan fingerprint density at radius 2 is 2.27 bits per heavy atom. The molecule has 0 bridgehead atoms. The van der Waals surface area contributed by atoms with E-state index in [1.807, 2.05) is 0 Å². The molecule has 0 saturated carbocycles. The first-order valence-corrected chi connectivity index (χ1v) is 4.09. The lowest BCUT2D eigenvalue weighted by molar-refractivity contribution is 1.11. The SMILES string of the molecule is Clc1cnc2c(Br)nccn12. The van der Waals surface area contributed by atoms with Crippen molar-refractivity contribution < 1.29 is 0 Å². The first-order valence-electron chi connectivity index (χ1n) is 2.92. The van der Waals surface area contributed by atoms with E-state index < -0.39 is 0 Å². The molecule has 11 heavy (non-hydrogen) atoms. The van der Waals surface area contributed by atoms with Gasteiger partial charge in [-0.2, -0.15) is 0 Å². The van der Waals surface area contributed by atoms with Crippen molar-refractivity contribution in [3.05, 3.63) is 28.3 Å². The molecular formula is C6H3BrClN3. The Bertz CT molecular complexity index is 398. The Balaban J connectivity index is 2.94. The van der Waals surface area contributed by atoms with Crippen LogP contribution in [0.25, 0.3) is 5.65 Å². The number of hydrogen-bond donors (Lipinski definition) is 0. The summed E-state index contributed by atoms with van der Waals surface area (Å²) in [4.78, 5) is 8.03. The molecular weight excluding hydrogens is 229 g/mol. The lowest BCUT2D eigenvalue weighted by atomic mass is 10.7. The highest BCUT2D eigenvalue weighted by atomic mass is 79.9. The molecule has 0 aliphatic rings. The number of hydrogen-bond acceptors (Lipinski definition) is 2. The smallest absolute Gasteiger partial charge is 0.171 e. The first kappa shape index (κ1) is 7.06. The second-order valence-corrected chi connectivity index (χ2v) is 3.13. The Morgan fingerprint density at radius 1 is 1.45 bits per heavy atom. The summed E-state index contributed by atoms with van der Waals surface area (Å²) < 4.78 is 2.45. The number of rotatable bonds is 0. The molecule has 0 amide bonds. The third-order valence-corrected chi connectivity index (χ3v) is 2.18. The third kappa shape index (κ3) is 1.02. The van der Waals surface area contributed by atoms with E-state index in [2.05, 4.69) is 25.9 Å². The predicted molar refractivity (Wildman–Crippen MR) is 45.7 cm³/mol. The van der Waals surface area contributed by atoms with Gasteiger partial charge in [0.25, 0.3) is 0 Å². The van der Waals surface area contributed by atoms with Crippen LogP contribution >= 0.6 is 27.5 Å². The van der Waals surface area contributed by atoms with Crippen LogP contribution in [0.3, 0.4) is 0 Å². The molecule has 0 fully saturated rings. The number of fused-ring (bicyclic) bond motifs is 1. The van der Waals surface area contributed by atoms with Crippen LogP contribution in [-0.4, -0.2) is 14.4 Å². The Hall–Kier alpha value is -0.610. The Kier molecular flexibility index (Phi) is 1.58. The van der Waals surface area contributed by atoms with Crippen LogP contribution in [0.2, 0.25) is 5.15 Å². The Labute approximate surface area is 76.2 Å². The average Bonchev–Trinajstić information content (AvgIpc) is 2.35. The highest BCUT2D eigenvalue weighted by Gasteiger charge is 2.02. The van der Waals surface area contributed by atoms with Gasteiger partial charge in [-0.3, -0.25) is 4.40 Å². The van der Waals surface area contributed by atoms with Crippen LogP contribution < -0.4 is 0 Å². The van der Waals surface area contributed by atoms with Gasteiger partial charge in [-0.15, -0.1) is 0 Å². The maximum Gasteiger partial charge on any atom is 0.171 e. The van der Waals surface area contributed by atoms with Crippen molar-refractivity contribution in [2.45, 2.75) is 0 Å². The minimum atomic E-state index is 0.586. The Morgan fingerprint density at radius 3 is 3.00 bits per heavy atom. The lowest BCUT2D eigenvalue weighted by Crippen LogP contribution is -1.86. The fourth-order valence-electron chi connectivity index (χ4n) is 0.858. The number of halogens is 2. The molecule has 0 unspecified atom stereocenters. The minimum Gasteiger partial charge on any atom is -0.287 e. The van der Waals surface area contributed by atoms with E-state index in [-0.39, 0.29) is 0 Å². The fraction of sp³-hybridized carbons (Fsp3) is 0. The summed E-state index contributed by atoms with van der Waals surface area (Å²) in [5.74, 6) is 0. The van der Waals surface area contributed by atoms with Crippen molar-refractivity contribution in [2.24, 2.45) is 0 Å². The van der Waals surface area contributed by atoms with Crippen LogP contribution in [0.5, 0.6) is 0 Å². The van der Waals surface area contributed by atoms with Gasteiger partial charge in [0.05, 0.1) is 6.20 Å². The lowest BCUT2D eigenvalue weighted by Gasteiger charge is -1.93. The molecule has 0 saturated heterocycles. The summed E-state index contributed by atoms with van der Waals surface area (Å²) in [5, 5.41) is 0.586. The summed E-state index contributed by atoms with van der Waals surface area (Å²) in [6.45, 7) is 0. The van der Waals surface area contributed by atoms with Crippen LogP contribution in [-0.2, 0) is 0 Å². The second-order valence-electron chi connectivity index (χ2n) is 1.99. The molecule has 2 aromatic rings. The monoisotopic (exact) mass is 231 g/mol. The van der Waals surface area contributed by atoms with Gasteiger partial charge in [0.1, 0.15) is 9.76 Å². The van der Waals surface area contributed by atoms with Crippen molar-refractivity contribution in [2.75, 3.05) is 0 Å². The molecule has 2 heterocycles. The van der Waals surface area contributed by atoms with Crippen LogP contribution in [0.15, 0.2) is 23.2 Å². The minimum absolute atomic E-state index is 0.586. The summed E-state index contributed by atoms with van der Waals surface area (Å²) in [6.07, 6.45) is 5.00. The molecule has 0 atom stereocenters. The molecule has 0 spiro atoms. The molecule has 0 aliphatic carbocycles. The second kappa shape index (κ2) is 2.46. The van der Waals surface area contributed by atoms with Gasteiger partial charge in [0.15, 0.2) is 5.65 Å². The molecule has 3 nitrogen and oxygen atoms in total. The van der Waals surface area contributed by atoms with E-state index in [0.717, 1.165) is 5.65 Å². The highest BCUT2D eigenvalue weighted by Crippen LogP contribution is 2.17. The van der Waals surface area contributed by atoms with E-state index in [1.165, 1.54) is 0 Å². The fourth-order valence-corrected chi connectivity index (χ4v) is 1.45. The first-order chi connectivity index (χ1) is 5.29. The summed E-state index contributed by atoms with van der Waals surface area (Å²) in [6, 6.07) is 0. The van der Waals surface area contributed by atoms with Gasteiger partial charge in [0, 0.05) is 12.4 Å². The number of aromatic nitrogens is 3. The molecule has 0 radical (unpaired) electrons. The van der Waals surface area contributed by atoms with E-state index in [1.54, 1.807) is 23.0 Å². The molecule has 56 valence electrons. The predicted octanol–water partition coefficient (Wildman–Crippen LogP) is 2.15. The standard InChI is InChI=1S/C6H3BrClN3/c7-5-6-10-3-4(8)11(6)2-1-9-5/h1-3H. The zero-order valence-electron chi connectivity index (χ0n) is 5.33. The normalized spacial score (nSPS) is 10.7. The third-order valence-electron chi connectivity index (χ3n) is 1.34. The van der Waals surface area contributed by atoms with Crippen molar-refractivity contribution in [3.8, 4) is 0 Å². The van der Waals surface area contributed by atoms with Gasteiger partial charge in [-0.05, 0) is 15.9 Å². The largest absolute Gasteiger partial charge is 0.287 e. The maximum atomic E-state index is 5.80. The molecule has 2 rings (SSSR count). The zero-order valence-corrected chi connectivity index (χ0v) is 7.67. The quantitative estimate of drug-likeness (QED) is 0.697. The van der Waals surface area contributed by atoms with Crippen molar-refractivity contribution in [1.82, 2.24) is 14.4 Å². The van der Waals surface area contributed by atoms with Gasteiger partial charge in [-0.25, -0.2) is 9.97 Å². The van der Waals surface area contributed by atoms with Gasteiger partial charge < -0.3 is 0 Å². The highest BCUT2D eigenvalue weighted by molar-refractivity contribution is 9.10. The zero-order chi connectivity index (χ0) is 7.84. The molecule has 2 aromatic heterocycles. The van der Waals surface area contributed by atoms with Gasteiger partial charge in [0.2, 0.25) is 0 Å². The van der Waals surface area contributed by atoms with E-state index in [4.69, 9.17) is 11.6 Å².